The summed E-state index contributed by atoms with van der Waals surface area (Å²) in [5.74, 6) is -0.341. The number of nitrogens with one attached hydrogen (secondary N) is 1. The zero-order valence-corrected chi connectivity index (χ0v) is 16.7. The highest BCUT2D eigenvalue weighted by atomic mass is 16.3. The predicted octanol–water partition coefficient (Wildman–Crippen LogP) is 4.71. The molecular formula is C24H22N4O3. The van der Waals surface area contributed by atoms with E-state index in [1.807, 2.05) is 47.3 Å². The molecule has 0 bridgehead atoms. The maximum Gasteiger partial charge on any atom is 0.235 e. The lowest BCUT2D eigenvalue weighted by Crippen LogP contribution is -2.04. The number of fused-ring (bicyclic) bond motifs is 1. The van der Waals surface area contributed by atoms with Gasteiger partial charge in [-0.15, -0.1) is 0 Å². The molecule has 7 heteroatoms. The third-order valence-corrected chi connectivity index (χ3v) is 5.59. The van der Waals surface area contributed by atoms with E-state index in [0.29, 0.717) is 36.3 Å². The van der Waals surface area contributed by atoms with Crippen LogP contribution in [0.15, 0.2) is 73.4 Å². The first-order valence-corrected chi connectivity index (χ1v) is 10.1. The fraction of sp³-hybridized carbons (Fsp3) is 0.125. The average Bonchev–Trinajstić information content (AvgIpc) is 3.50. The quantitative estimate of drug-likeness (QED) is 0.323. The molecule has 0 spiro atoms. The second kappa shape index (κ2) is 7.60. The Hall–Kier alpha value is -4.13. The van der Waals surface area contributed by atoms with Crippen LogP contribution < -0.4 is 0 Å². The summed E-state index contributed by atoms with van der Waals surface area (Å²) in [4.78, 5) is 7.28. The van der Waals surface area contributed by atoms with E-state index in [9.17, 15) is 15.3 Å². The molecule has 0 amide bonds. The maximum atomic E-state index is 11.0. The SMILES string of the molecule is Oc1ccccc1-c1c(-c2c[nH]c3ccccc23)c(O)c(O)n1CCCn1ccnc1. The molecule has 7 nitrogen and oxygen atoms in total. The normalized spacial score (nSPS) is 11.4. The van der Waals surface area contributed by atoms with Crippen molar-refractivity contribution in [2.45, 2.75) is 19.5 Å². The number of aromatic amines is 1. The van der Waals surface area contributed by atoms with E-state index in [4.69, 9.17) is 0 Å². The molecule has 0 aliphatic carbocycles. The minimum absolute atomic E-state index is 0.0805. The lowest BCUT2D eigenvalue weighted by Gasteiger charge is -2.13. The molecule has 0 radical (unpaired) electrons. The van der Waals surface area contributed by atoms with E-state index in [-0.39, 0.29) is 17.4 Å². The number of phenols is 1. The number of aromatic hydroxyl groups is 3. The minimum atomic E-state index is -0.218. The van der Waals surface area contributed by atoms with Gasteiger partial charge in [-0.1, -0.05) is 30.3 Å². The van der Waals surface area contributed by atoms with Crippen LogP contribution in [0.3, 0.4) is 0 Å². The van der Waals surface area contributed by atoms with Crippen molar-refractivity contribution in [3.05, 3.63) is 73.4 Å². The molecule has 156 valence electrons. The highest BCUT2D eigenvalue weighted by molar-refractivity contribution is 6.02. The van der Waals surface area contributed by atoms with Gasteiger partial charge < -0.3 is 29.4 Å². The zero-order valence-electron chi connectivity index (χ0n) is 16.7. The first kappa shape index (κ1) is 18.9. The highest BCUT2D eigenvalue weighted by Crippen LogP contribution is 2.50. The molecule has 0 unspecified atom stereocenters. The van der Waals surface area contributed by atoms with Gasteiger partial charge in [-0.3, -0.25) is 0 Å². The summed E-state index contributed by atoms with van der Waals surface area (Å²) in [5, 5.41) is 33.4. The third-order valence-electron chi connectivity index (χ3n) is 5.59. The van der Waals surface area contributed by atoms with Crippen LogP contribution in [0.1, 0.15) is 6.42 Å². The Balaban J connectivity index is 1.68. The van der Waals surface area contributed by atoms with Gasteiger partial charge in [0.1, 0.15) is 5.75 Å². The molecule has 0 fully saturated rings. The van der Waals surface area contributed by atoms with Crippen molar-refractivity contribution >= 4 is 10.9 Å². The first-order chi connectivity index (χ1) is 15.1. The molecule has 0 atom stereocenters. The molecule has 4 N–H and O–H groups in total. The van der Waals surface area contributed by atoms with Crippen LogP contribution in [0.4, 0.5) is 0 Å². The monoisotopic (exact) mass is 414 g/mol. The van der Waals surface area contributed by atoms with E-state index in [1.165, 1.54) is 0 Å². The van der Waals surface area contributed by atoms with Crippen molar-refractivity contribution in [3.8, 4) is 39.8 Å². The van der Waals surface area contributed by atoms with Crippen molar-refractivity contribution in [1.82, 2.24) is 19.1 Å². The summed E-state index contributed by atoms with van der Waals surface area (Å²) < 4.78 is 3.62. The van der Waals surface area contributed by atoms with Crippen LogP contribution in [-0.4, -0.2) is 34.4 Å². The number of phenolic OH excluding ortho intramolecular Hbond substituents is 1. The first-order valence-electron chi connectivity index (χ1n) is 10.1. The molecule has 2 aromatic carbocycles. The van der Waals surface area contributed by atoms with E-state index < -0.39 is 0 Å². The number of hydrogen-bond acceptors (Lipinski definition) is 4. The molecule has 5 rings (SSSR count). The smallest absolute Gasteiger partial charge is 0.235 e. The van der Waals surface area contributed by atoms with Gasteiger partial charge in [-0.05, 0) is 24.6 Å². The van der Waals surface area contributed by atoms with Crippen molar-refractivity contribution in [2.75, 3.05) is 0 Å². The van der Waals surface area contributed by atoms with Gasteiger partial charge in [0.25, 0.3) is 0 Å². The van der Waals surface area contributed by atoms with Gasteiger partial charge in [0.2, 0.25) is 5.88 Å². The topological polar surface area (TPSA) is 99.2 Å². The van der Waals surface area contributed by atoms with E-state index in [0.717, 1.165) is 16.5 Å². The van der Waals surface area contributed by atoms with Crippen molar-refractivity contribution in [3.63, 3.8) is 0 Å². The fourth-order valence-corrected chi connectivity index (χ4v) is 4.13. The Labute approximate surface area is 178 Å². The van der Waals surface area contributed by atoms with Crippen LogP contribution in [0.25, 0.3) is 33.3 Å². The van der Waals surface area contributed by atoms with Crippen molar-refractivity contribution in [2.24, 2.45) is 0 Å². The number of para-hydroxylation sites is 2. The summed E-state index contributed by atoms with van der Waals surface area (Å²) >= 11 is 0. The Kier molecular flexibility index (Phi) is 4.63. The standard InChI is InChI=1S/C24H22N4O3/c29-20-9-4-2-7-17(20)22-21(18-14-26-19-8-3-1-6-16(18)19)23(30)24(31)28(22)12-5-11-27-13-10-25-15-27/h1-4,6-10,13-15,26,29-31H,5,11-12H2. The molecule has 3 aromatic heterocycles. The number of aromatic nitrogens is 4. The van der Waals surface area contributed by atoms with Crippen LogP contribution in [0.2, 0.25) is 0 Å². The molecule has 0 aliphatic rings. The Morgan fingerprint density at radius 1 is 0.903 bits per heavy atom. The number of hydrogen-bond donors (Lipinski definition) is 4. The third kappa shape index (κ3) is 3.20. The summed E-state index contributed by atoms with van der Waals surface area (Å²) in [6.45, 7) is 1.16. The Bertz CT molecular complexity index is 1350. The Morgan fingerprint density at radius 2 is 1.71 bits per heavy atom. The van der Waals surface area contributed by atoms with Crippen LogP contribution in [0.5, 0.6) is 17.4 Å². The number of H-pyrrole nitrogens is 1. The highest BCUT2D eigenvalue weighted by Gasteiger charge is 2.27. The second-order valence-corrected chi connectivity index (χ2v) is 7.47. The number of benzene rings is 2. The molecular weight excluding hydrogens is 392 g/mol. The summed E-state index contributed by atoms with van der Waals surface area (Å²) in [6, 6.07) is 14.7. The minimum Gasteiger partial charge on any atom is -0.507 e. The molecule has 5 aromatic rings. The van der Waals surface area contributed by atoms with E-state index in [2.05, 4.69) is 9.97 Å². The van der Waals surface area contributed by atoms with Gasteiger partial charge in [0.05, 0.1) is 17.6 Å². The average molecular weight is 414 g/mol. The van der Waals surface area contributed by atoms with Crippen LogP contribution in [-0.2, 0) is 13.1 Å². The van der Waals surface area contributed by atoms with Gasteiger partial charge in [-0.2, -0.15) is 0 Å². The molecule has 0 aliphatic heterocycles. The predicted molar refractivity (Wildman–Crippen MR) is 119 cm³/mol. The zero-order chi connectivity index (χ0) is 21.4. The lowest BCUT2D eigenvalue weighted by molar-refractivity contribution is 0.368. The molecule has 3 heterocycles. The summed E-state index contributed by atoms with van der Waals surface area (Å²) in [6.07, 6.45) is 7.87. The molecule has 31 heavy (non-hydrogen) atoms. The van der Waals surface area contributed by atoms with Crippen molar-refractivity contribution in [1.29, 1.82) is 0 Å². The molecule has 0 saturated heterocycles. The van der Waals surface area contributed by atoms with Gasteiger partial charge >= 0.3 is 0 Å². The van der Waals surface area contributed by atoms with E-state index in [1.54, 1.807) is 35.3 Å². The number of imidazole rings is 1. The van der Waals surface area contributed by atoms with Gasteiger partial charge in [-0.25, -0.2) is 4.98 Å². The van der Waals surface area contributed by atoms with Crippen LogP contribution in [0, 0.1) is 0 Å². The Morgan fingerprint density at radius 3 is 2.52 bits per heavy atom. The summed E-state index contributed by atoms with van der Waals surface area (Å²) in [7, 11) is 0. The maximum absolute atomic E-state index is 11.0. The van der Waals surface area contributed by atoms with Gasteiger partial charge in [0.15, 0.2) is 5.75 Å². The molecule has 0 saturated carbocycles. The van der Waals surface area contributed by atoms with Gasteiger partial charge in [0, 0.05) is 53.7 Å². The number of nitrogens with zero attached hydrogens (tertiary/aromatic N) is 3. The largest absolute Gasteiger partial charge is 0.507 e. The lowest BCUT2D eigenvalue weighted by atomic mass is 9.99. The number of rotatable bonds is 6. The summed E-state index contributed by atoms with van der Waals surface area (Å²) in [5.41, 5.74) is 3.28. The second-order valence-electron chi connectivity index (χ2n) is 7.47. The van der Waals surface area contributed by atoms with Crippen molar-refractivity contribution < 1.29 is 15.3 Å². The fourth-order valence-electron chi connectivity index (χ4n) is 4.13. The van der Waals surface area contributed by atoms with E-state index >= 15 is 0 Å². The number of aryl methyl sites for hydroxylation is 1. The van der Waals surface area contributed by atoms with Crippen LogP contribution >= 0.6 is 0 Å².